The Bertz CT molecular complexity index is 544. The standard InChI is InChI=1S/C15H14FNO2/c16-13-5-3-12(4-6-13)9-10-17-15(18)8-7-14-2-1-11-19-14/h1-8,11H,9-10H2,(H,17,18)/b8-7+. The quantitative estimate of drug-likeness (QED) is 0.839. The van der Waals surface area contributed by atoms with E-state index in [4.69, 9.17) is 4.42 Å². The van der Waals surface area contributed by atoms with E-state index < -0.39 is 0 Å². The predicted molar refractivity (Wildman–Crippen MR) is 70.9 cm³/mol. The lowest BCUT2D eigenvalue weighted by molar-refractivity contribution is -0.116. The van der Waals surface area contributed by atoms with Gasteiger partial charge in [0.15, 0.2) is 0 Å². The van der Waals surface area contributed by atoms with Gasteiger partial charge in [0.25, 0.3) is 0 Å². The Morgan fingerprint density at radius 2 is 2.05 bits per heavy atom. The van der Waals surface area contributed by atoms with Crippen LogP contribution in [0.2, 0.25) is 0 Å². The molecule has 1 N–H and O–H groups in total. The second kappa shape index (κ2) is 6.54. The minimum atomic E-state index is -0.255. The minimum Gasteiger partial charge on any atom is -0.465 e. The fourth-order valence-corrected chi connectivity index (χ4v) is 1.58. The number of carbonyl (C=O) groups excluding carboxylic acids is 1. The van der Waals surface area contributed by atoms with E-state index in [1.807, 2.05) is 0 Å². The largest absolute Gasteiger partial charge is 0.465 e. The predicted octanol–water partition coefficient (Wildman–Crippen LogP) is 2.79. The zero-order valence-electron chi connectivity index (χ0n) is 10.3. The third kappa shape index (κ3) is 4.43. The number of halogens is 1. The number of hydrogen-bond acceptors (Lipinski definition) is 2. The first-order valence-corrected chi connectivity index (χ1v) is 5.98. The van der Waals surface area contributed by atoms with Crippen LogP contribution in [0.1, 0.15) is 11.3 Å². The molecule has 1 amide bonds. The average Bonchev–Trinajstić information content (AvgIpc) is 2.92. The van der Waals surface area contributed by atoms with Crippen LogP contribution in [0.3, 0.4) is 0 Å². The summed E-state index contributed by atoms with van der Waals surface area (Å²) < 4.78 is 17.8. The van der Waals surface area contributed by atoms with Crippen molar-refractivity contribution in [2.45, 2.75) is 6.42 Å². The summed E-state index contributed by atoms with van der Waals surface area (Å²) in [6.07, 6.45) is 5.24. The van der Waals surface area contributed by atoms with Gasteiger partial charge >= 0.3 is 0 Å². The zero-order valence-corrected chi connectivity index (χ0v) is 10.3. The smallest absolute Gasteiger partial charge is 0.244 e. The Kier molecular flexibility index (Phi) is 4.50. The second-order valence-corrected chi connectivity index (χ2v) is 4.02. The highest BCUT2D eigenvalue weighted by molar-refractivity contribution is 5.91. The molecule has 0 aliphatic heterocycles. The summed E-state index contributed by atoms with van der Waals surface area (Å²) in [6.45, 7) is 0.507. The number of nitrogens with one attached hydrogen (secondary N) is 1. The van der Waals surface area contributed by atoms with Crippen molar-refractivity contribution >= 4 is 12.0 Å². The average molecular weight is 259 g/mol. The van der Waals surface area contributed by atoms with Gasteiger partial charge < -0.3 is 9.73 Å². The Morgan fingerprint density at radius 1 is 1.26 bits per heavy atom. The lowest BCUT2D eigenvalue weighted by Gasteiger charge is -2.02. The molecule has 0 atom stereocenters. The maximum atomic E-state index is 12.7. The highest BCUT2D eigenvalue weighted by atomic mass is 19.1. The SMILES string of the molecule is O=C(/C=C/c1ccco1)NCCc1ccc(F)cc1. The van der Waals surface area contributed by atoms with Gasteiger partial charge in [-0.1, -0.05) is 12.1 Å². The Hall–Kier alpha value is -2.36. The van der Waals surface area contributed by atoms with Gasteiger partial charge in [-0.3, -0.25) is 4.79 Å². The molecule has 0 saturated carbocycles. The molecule has 1 aromatic heterocycles. The maximum Gasteiger partial charge on any atom is 0.244 e. The number of carbonyl (C=O) groups is 1. The van der Waals surface area contributed by atoms with Crippen LogP contribution in [-0.4, -0.2) is 12.5 Å². The monoisotopic (exact) mass is 259 g/mol. The fraction of sp³-hybridized carbons (Fsp3) is 0.133. The number of hydrogen-bond donors (Lipinski definition) is 1. The number of benzene rings is 1. The van der Waals surface area contributed by atoms with Crippen molar-refractivity contribution < 1.29 is 13.6 Å². The second-order valence-electron chi connectivity index (χ2n) is 4.02. The summed E-state index contributed by atoms with van der Waals surface area (Å²) >= 11 is 0. The van der Waals surface area contributed by atoms with Crippen molar-refractivity contribution in [1.29, 1.82) is 0 Å². The molecule has 0 spiro atoms. The number of rotatable bonds is 5. The summed E-state index contributed by atoms with van der Waals surface area (Å²) in [5.74, 6) is 0.196. The molecular formula is C15H14FNO2. The fourth-order valence-electron chi connectivity index (χ4n) is 1.58. The molecule has 3 nitrogen and oxygen atoms in total. The lowest BCUT2D eigenvalue weighted by atomic mass is 10.1. The van der Waals surface area contributed by atoms with E-state index in [-0.39, 0.29) is 11.7 Å². The Morgan fingerprint density at radius 3 is 2.74 bits per heavy atom. The molecule has 0 aliphatic carbocycles. The van der Waals surface area contributed by atoms with Crippen LogP contribution in [-0.2, 0) is 11.2 Å². The van der Waals surface area contributed by atoms with Crippen LogP contribution in [0.25, 0.3) is 6.08 Å². The molecule has 0 saturated heterocycles. The van der Waals surface area contributed by atoms with Crippen molar-refractivity contribution in [3.8, 4) is 0 Å². The minimum absolute atomic E-state index is 0.182. The van der Waals surface area contributed by atoms with E-state index in [9.17, 15) is 9.18 Å². The van der Waals surface area contributed by atoms with Gasteiger partial charge in [-0.2, -0.15) is 0 Å². The third-order valence-corrected chi connectivity index (χ3v) is 2.57. The topological polar surface area (TPSA) is 42.2 Å². The van der Waals surface area contributed by atoms with Crippen molar-refractivity contribution in [3.05, 3.63) is 65.9 Å². The van der Waals surface area contributed by atoms with Crippen molar-refractivity contribution in [2.24, 2.45) is 0 Å². The van der Waals surface area contributed by atoms with Gasteiger partial charge in [-0.25, -0.2) is 4.39 Å². The Balaban J connectivity index is 1.73. The number of amides is 1. The summed E-state index contributed by atoms with van der Waals surface area (Å²) in [7, 11) is 0. The van der Waals surface area contributed by atoms with E-state index >= 15 is 0 Å². The van der Waals surface area contributed by atoms with Crippen molar-refractivity contribution in [2.75, 3.05) is 6.54 Å². The molecule has 0 fully saturated rings. The van der Waals surface area contributed by atoms with Gasteiger partial charge in [0.2, 0.25) is 5.91 Å². The van der Waals surface area contributed by atoms with Crippen LogP contribution >= 0.6 is 0 Å². The maximum absolute atomic E-state index is 12.7. The summed E-state index contributed by atoms with van der Waals surface area (Å²) in [5, 5.41) is 2.75. The molecule has 19 heavy (non-hydrogen) atoms. The van der Waals surface area contributed by atoms with Crippen LogP contribution in [0.4, 0.5) is 4.39 Å². The first kappa shape index (κ1) is 13.1. The van der Waals surface area contributed by atoms with E-state index in [1.165, 1.54) is 18.2 Å². The van der Waals surface area contributed by atoms with Gasteiger partial charge in [0.05, 0.1) is 6.26 Å². The summed E-state index contributed by atoms with van der Waals surface area (Å²) in [6, 6.07) is 9.76. The molecule has 2 rings (SSSR count). The molecule has 0 bridgehead atoms. The molecule has 1 aromatic carbocycles. The third-order valence-electron chi connectivity index (χ3n) is 2.57. The normalized spacial score (nSPS) is 10.8. The first-order chi connectivity index (χ1) is 9.24. The highest BCUT2D eigenvalue weighted by Crippen LogP contribution is 2.03. The van der Waals surface area contributed by atoms with Gasteiger partial charge in [0.1, 0.15) is 11.6 Å². The lowest BCUT2D eigenvalue weighted by Crippen LogP contribution is -2.23. The summed E-state index contributed by atoms with van der Waals surface area (Å²) in [4.78, 5) is 11.5. The molecule has 98 valence electrons. The van der Waals surface area contributed by atoms with Crippen LogP contribution in [0.15, 0.2) is 53.2 Å². The van der Waals surface area contributed by atoms with Gasteiger partial charge in [0, 0.05) is 12.6 Å². The molecule has 4 heteroatoms. The van der Waals surface area contributed by atoms with E-state index in [2.05, 4.69) is 5.32 Å². The van der Waals surface area contributed by atoms with E-state index in [0.717, 1.165) is 5.56 Å². The van der Waals surface area contributed by atoms with E-state index in [1.54, 1.807) is 36.6 Å². The molecular weight excluding hydrogens is 245 g/mol. The van der Waals surface area contributed by atoms with Crippen LogP contribution in [0, 0.1) is 5.82 Å². The Labute approximate surface area is 110 Å². The zero-order chi connectivity index (χ0) is 13.5. The first-order valence-electron chi connectivity index (χ1n) is 5.98. The molecule has 0 aliphatic rings. The van der Waals surface area contributed by atoms with Crippen molar-refractivity contribution in [1.82, 2.24) is 5.32 Å². The molecule has 0 radical (unpaired) electrons. The highest BCUT2D eigenvalue weighted by Gasteiger charge is 1.97. The van der Waals surface area contributed by atoms with Gasteiger partial charge in [-0.15, -0.1) is 0 Å². The molecule has 1 heterocycles. The summed E-state index contributed by atoms with van der Waals surface area (Å²) in [5.41, 5.74) is 0.983. The van der Waals surface area contributed by atoms with Crippen molar-refractivity contribution in [3.63, 3.8) is 0 Å². The van der Waals surface area contributed by atoms with Crippen LogP contribution < -0.4 is 5.32 Å². The number of furan rings is 1. The molecule has 2 aromatic rings. The van der Waals surface area contributed by atoms with E-state index in [0.29, 0.717) is 18.7 Å². The van der Waals surface area contributed by atoms with Gasteiger partial charge in [-0.05, 0) is 42.3 Å². The van der Waals surface area contributed by atoms with Crippen LogP contribution in [0.5, 0.6) is 0 Å². The molecule has 0 unspecified atom stereocenters.